The van der Waals surface area contributed by atoms with E-state index in [-0.39, 0.29) is 5.91 Å². The van der Waals surface area contributed by atoms with Crippen molar-refractivity contribution in [3.05, 3.63) is 65.5 Å². The lowest BCUT2D eigenvalue weighted by Crippen LogP contribution is -2.12. The first kappa shape index (κ1) is 18.4. The summed E-state index contributed by atoms with van der Waals surface area (Å²) >= 11 is 0. The van der Waals surface area contributed by atoms with Gasteiger partial charge in [-0.25, -0.2) is 0 Å². The maximum absolute atomic E-state index is 12.7. The molecule has 0 unspecified atom stereocenters. The monoisotopic (exact) mass is 376 g/mol. The van der Waals surface area contributed by atoms with E-state index < -0.39 is 0 Å². The Hall–Kier alpha value is -2.99. The van der Waals surface area contributed by atoms with Gasteiger partial charge in [-0.05, 0) is 42.7 Å². The zero-order chi connectivity index (χ0) is 19.3. The fourth-order valence-electron chi connectivity index (χ4n) is 3.61. The van der Waals surface area contributed by atoms with Crippen molar-refractivity contribution in [3.8, 4) is 11.4 Å². The van der Waals surface area contributed by atoms with Crippen LogP contribution < -0.4 is 5.32 Å². The maximum Gasteiger partial charge on any atom is 0.255 e. The molecule has 0 radical (unpaired) electrons. The van der Waals surface area contributed by atoms with Crippen LogP contribution in [0.25, 0.3) is 11.4 Å². The Bertz CT molecular complexity index is 980. The van der Waals surface area contributed by atoms with Gasteiger partial charge in [0.1, 0.15) is 5.82 Å². The fraction of sp³-hybridized carbons (Fsp3) is 0.318. The minimum atomic E-state index is -0.143. The first-order valence-electron chi connectivity index (χ1n) is 9.66. The number of benzene rings is 2. The van der Waals surface area contributed by atoms with Crippen molar-refractivity contribution >= 4 is 11.6 Å². The molecule has 1 aromatic heterocycles. The second kappa shape index (κ2) is 8.35. The summed E-state index contributed by atoms with van der Waals surface area (Å²) in [6, 6.07) is 15.3. The molecular weight excluding hydrogens is 352 g/mol. The SMILES string of the molecule is COCc1cccc(C(=O)Nc2cccc(-c3nnc4n3CCCCC4)c2)c1. The van der Waals surface area contributed by atoms with Gasteiger partial charge in [0.25, 0.3) is 5.91 Å². The van der Waals surface area contributed by atoms with Crippen molar-refractivity contribution < 1.29 is 9.53 Å². The standard InChI is InChI=1S/C22H24N4O2/c1-28-15-16-7-5-9-18(13-16)22(27)23-19-10-6-8-17(14-19)21-25-24-20-11-3-2-4-12-26(20)21/h5-10,13-14H,2-4,11-12,15H2,1H3,(H,23,27). The molecule has 1 aliphatic heterocycles. The molecule has 1 N–H and O–H groups in total. The van der Waals surface area contributed by atoms with E-state index in [4.69, 9.17) is 4.74 Å². The van der Waals surface area contributed by atoms with Crippen molar-refractivity contribution in [2.24, 2.45) is 0 Å². The number of aryl methyl sites for hydroxylation is 1. The van der Waals surface area contributed by atoms with Gasteiger partial charge in [-0.3, -0.25) is 4.79 Å². The Balaban J connectivity index is 1.55. The molecule has 1 aliphatic rings. The highest BCUT2D eigenvalue weighted by Gasteiger charge is 2.16. The summed E-state index contributed by atoms with van der Waals surface area (Å²) in [7, 11) is 1.64. The number of hydrogen-bond donors (Lipinski definition) is 1. The van der Waals surface area contributed by atoms with E-state index in [1.807, 2.05) is 42.5 Å². The van der Waals surface area contributed by atoms with Crippen molar-refractivity contribution in [2.45, 2.75) is 38.8 Å². The van der Waals surface area contributed by atoms with Crippen LogP contribution in [0.15, 0.2) is 48.5 Å². The number of nitrogens with one attached hydrogen (secondary N) is 1. The molecule has 144 valence electrons. The highest BCUT2D eigenvalue weighted by Crippen LogP contribution is 2.25. The van der Waals surface area contributed by atoms with Crippen LogP contribution in [0.4, 0.5) is 5.69 Å². The molecule has 0 aliphatic carbocycles. The predicted octanol–water partition coefficient (Wildman–Crippen LogP) is 4.07. The quantitative estimate of drug-likeness (QED) is 0.729. The molecule has 0 bridgehead atoms. The van der Waals surface area contributed by atoms with E-state index in [1.54, 1.807) is 13.2 Å². The minimum Gasteiger partial charge on any atom is -0.380 e. The Morgan fingerprint density at radius 3 is 2.89 bits per heavy atom. The number of methoxy groups -OCH3 is 1. The summed E-state index contributed by atoms with van der Waals surface area (Å²) in [4.78, 5) is 12.7. The number of rotatable bonds is 5. The summed E-state index contributed by atoms with van der Waals surface area (Å²) in [6.45, 7) is 1.43. The predicted molar refractivity (Wildman–Crippen MR) is 108 cm³/mol. The van der Waals surface area contributed by atoms with Gasteiger partial charge in [0, 0.05) is 36.9 Å². The third kappa shape index (κ3) is 3.97. The van der Waals surface area contributed by atoms with Crippen LogP contribution in [0, 0.1) is 0 Å². The van der Waals surface area contributed by atoms with Crippen molar-refractivity contribution in [3.63, 3.8) is 0 Å². The first-order chi connectivity index (χ1) is 13.7. The van der Waals surface area contributed by atoms with Crippen molar-refractivity contribution in [1.29, 1.82) is 0 Å². The highest BCUT2D eigenvalue weighted by atomic mass is 16.5. The zero-order valence-electron chi connectivity index (χ0n) is 16.0. The van der Waals surface area contributed by atoms with Gasteiger partial charge >= 0.3 is 0 Å². The number of fused-ring (bicyclic) bond motifs is 1. The lowest BCUT2D eigenvalue weighted by molar-refractivity contribution is 0.102. The number of carbonyl (C=O) groups excluding carboxylic acids is 1. The largest absolute Gasteiger partial charge is 0.380 e. The molecule has 4 rings (SSSR count). The van der Waals surface area contributed by atoms with Crippen LogP contribution in [0.2, 0.25) is 0 Å². The van der Waals surface area contributed by atoms with Crippen LogP contribution in [0.1, 0.15) is 41.0 Å². The van der Waals surface area contributed by atoms with Crippen LogP contribution in [0.3, 0.4) is 0 Å². The van der Waals surface area contributed by atoms with Gasteiger partial charge in [0.2, 0.25) is 0 Å². The van der Waals surface area contributed by atoms with Gasteiger partial charge < -0.3 is 14.6 Å². The van der Waals surface area contributed by atoms with E-state index in [0.29, 0.717) is 12.2 Å². The number of amides is 1. The molecule has 0 saturated heterocycles. The number of anilines is 1. The molecule has 0 fully saturated rings. The van der Waals surface area contributed by atoms with Crippen LogP contribution in [-0.4, -0.2) is 27.8 Å². The van der Waals surface area contributed by atoms with Gasteiger partial charge in [-0.2, -0.15) is 0 Å². The number of ether oxygens (including phenoxy) is 1. The minimum absolute atomic E-state index is 0.143. The van der Waals surface area contributed by atoms with Crippen molar-refractivity contribution in [1.82, 2.24) is 14.8 Å². The topological polar surface area (TPSA) is 69.0 Å². The second-order valence-electron chi connectivity index (χ2n) is 7.07. The smallest absolute Gasteiger partial charge is 0.255 e. The summed E-state index contributed by atoms with van der Waals surface area (Å²) in [5.74, 6) is 1.78. The van der Waals surface area contributed by atoms with Gasteiger partial charge in [0.15, 0.2) is 5.82 Å². The summed E-state index contributed by atoms with van der Waals surface area (Å²) < 4.78 is 7.36. The van der Waals surface area contributed by atoms with Crippen molar-refractivity contribution in [2.75, 3.05) is 12.4 Å². The molecule has 6 heteroatoms. The Morgan fingerprint density at radius 2 is 2.00 bits per heavy atom. The van der Waals surface area contributed by atoms with Gasteiger partial charge in [-0.1, -0.05) is 30.7 Å². The lowest BCUT2D eigenvalue weighted by atomic mass is 10.1. The summed E-state index contributed by atoms with van der Waals surface area (Å²) in [5, 5.41) is 11.8. The molecule has 3 aromatic rings. The van der Waals surface area contributed by atoms with Crippen LogP contribution in [0.5, 0.6) is 0 Å². The van der Waals surface area contributed by atoms with Gasteiger partial charge in [-0.15, -0.1) is 10.2 Å². The molecular formula is C22H24N4O2. The third-order valence-corrected chi connectivity index (χ3v) is 4.99. The Morgan fingerprint density at radius 1 is 1.11 bits per heavy atom. The molecule has 0 saturated carbocycles. The van der Waals surface area contributed by atoms with E-state index in [9.17, 15) is 4.79 Å². The summed E-state index contributed by atoms with van der Waals surface area (Å²) in [6.07, 6.45) is 4.50. The van der Waals surface area contributed by atoms with E-state index in [0.717, 1.165) is 54.3 Å². The zero-order valence-corrected chi connectivity index (χ0v) is 16.0. The number of hydrogen-bond acceptors (Lipinski definition) is 4. The van der Waals surface area contributed by atoms with Gasteiger partial charge in [0.05, 0.1) is 6.61 Å². The lowest BCUT2D eigenvalue weighted by Gasteiger charge is -2.10. The average Bonchev–Trinajstić information content (AvgIpc) is 2.97. The first-order valence-corrected chi connectivity index (χ1v) is 9.66. The fourth-order valence-corrected chi connectivity index (χ4v) is 3.61. The molecule has 28 heavy (non-hydrogen) atoms. The number of aromatic nitrogens is 3. The average molecular weight is 376 g/mol. The highest BCUT2D eigenvalue weighted by molar-refractivity contribution is 6.04. The maximum atomic E-state index is 12.7. The molecule has 0 atom stereocenters. The summed E-state index contributed by atoms with van der Waals surface area (Å²) in [5.41, 5.74) is 3.28. The second-order valence-corrected chi connectivity index (χ2v) is 7.07. The Kier molecular flexibility index (Phi) is 5.48. The normalized spacial score (nSPS) is 13.6. The molecule has 2 aromatic carbocycles. The number of nitrogens with zero attached hydrogens (tertiary/aromatic N) is 3. The van der Waals surface area contributed by atoms with Crippen LogP contribution in [-0.2, 0) is 24.3 Å². The van der Waals surface area contributed by atoms with E-state index in [1.165, 1.54) is 6.42 Å². The molecule has 6 nitrogen and oxygen atoms in total. The third-order valence-electron chi connectivity index (χ3n) is 4.99. The van der Waals surface area contributed by atoms with E-state index >= 15 is 0 Å². The Labute approximate surface area is 164 Å². The molecule has 0 spiro atoms. The molecule has 2 heterocycles. The molecule has 1 amide bonds. The van der Waals surface area contributed by atoms with Crippen LogP contribution >= 0.6 is 0 Å². The number of carbonyl (C=O) groups is 1. The van der Waals surface area contributed by atoms with E-state index in [2.05, 4.69) is 20.1 Å².